The highest BCUT2D eigenvalue weighted by atomic mass is 16.6. The van der Waals surface area contributed by atoms with E-state index in [1.165, 1.54) is 77.0 Å². The zero-order valence-corrected chi connectivity index (χ0v) is 37.3. The fraction of sp³-hybridized carbons (Fsp3) is 0.735. The van der Waals surface area contributed by atoms with Crippen LogP contribution in [0.5, 0.6) is 0 Å². The maximum absolute atomic E-state index is 12.7. The van der Waals surface area contributed by atoms with Crippen LogP contribution in [0.15, 0.2) is 60.8 Å². The van der Waals surface area contributed by atoms with Gasteiger partial charge in [-0.25, -0.2) is 4.79 Å². The molecule has 0 saturated heterocycles. The zero-order valence-electron chi connectivity index (χ0n) is 37.3. The molecule has 8 heteroatoms. The van der Waals surface area contributed by atoms with Gasteiger partial charge in [0, 0.05) is 19.3 Å². The molecule has 0 aliphatic heterocycles. The van der Waals surface area contributed by atoms with Gasteiger partial charge in [-0.1, -0.05) is 152 Å². The first-order valence-electron chi connectivity index (χ1n) is 22.8. The first-order valence-corrected chi connectivity index (χ1v) is 22.8. The summed E-state index contributed by atoms with van der Waals surface area (Å²) < 4.78 is 17.2. The standard InChI is InChI=1S/C49H85NO7/c1-6-8-10-12-14-16-18-19-20-21-22-23-24-25-26-27-28-30-31-33-35-37-39-47(51)56-44-45(43-55-42-41-46(49(53)54)50(3,4)5)57-48(52)40-38-36-34-32-29-17-15-13-11-9-7-2/h13-17,19-20,22-23,29,45-46H,6-12,18,21,24-28,30-44H2,1-5H3/p+1/b15-13+,16-14+,20-19+,23-22+,29-17+. The number of carbonyl (C=O) groups excluding carboxylic acids is 2. The topological polar surface area (TPSA) is 99.1 Å². The Bertz CT molecular complexity index is 1120. The summed E-state index contributed by atoms with van der Waals surface area (Å²) in [5.74, 6) is -1.51. The number of carboxylic acid groups (broad SMARTS) is 1. The number of nitrogens with zero attached hydrogens (tertiary/aromatic N) is 1. The summed E-state index contributed by atoms with van der Waals surface area (Å²) in [5.41, 5.74) is 0. The number of esters is 2. The molecule has 0 bridgehead atoms. The van der Waals surface area contributed by atoms with Crippen LogP contribution < -0.4 is 0 Å². The van der Waals surface area contributed by atoms with E-state index in [-0.39, 0.29) is 36.2 Å². The summed E-state index contributed by atoms with van der Waals surface area (Å²) in [5, 5.41) is 9.61. The molecule has 0 saturated carbocycles. The number of aliphatic carboxylic acids is 1. The van der Waals surface area contributed by atoms with Crippen LogP contribution in [-0.4, -0.2) is 80.6 Å². The van der Waals surface area contributed by atoms with E-state index < -0.39 is 18.1 Å². The molecule has 0 aromatic carbocycles. The average molecular weight is 801 g/mol. The number of rotatable bonds is 40. The van der Waals surface area contributed by atoms with Crippen molar-refractivity contribution in [2.45, 2.75) is 193 Å². The molecule has 0 aliphatic carbocycles. The lowest BCUT2D eigenvalue weighted by molar-refractivity contribution is -0.887. The third-order valence-electron chi connectivity index (χ3n) is 9.92. The summed E-state index contributed by atoms with van der Waals surface area (Å²) >= 11 is 0. The Morgan fingerprint density at radius 1 is 0.544 bits per heavy atom. The van der Waals surface area contributed by atoms with E-state index in [2.05, 4.69) is 74.6 Å². The molecule has 0 fully saturated rings. The van der Waals surface area contributed by atoms with E-state index in [0.717, 1.165) is 70.6 Å². The molecule has 0 aromatic rings. The lowest BCUT2D eigenvalue weighted by Crippen LogP contribution is -2.50. The summed E-state index contributed by atoms with van der Waals surface area (Å²) in [4.78, 5) is 36.9. The molecule has 1 N–H and O–H groups in total. The maximum atomic E-state index is 12.7. The van der Waals surface area contributed by atoms with Gasteiger partial charge in [0.2, 0.25) is 0 Å². The van der Waals surface area contributed by atoms with Gasteiger partial charge in [0.15, 0.2) is 12.1 Å². The van der Waals surface area contributed by atoms with Crippen LogP contribution >= 0.6 is 0 Å². The van der Waals surface area contributed by atoms with Gasteiger partial charge in [-0.05, 0) is 70.6 Å². The third kappa shape index (κ3) is 38.3. The Morgan fingerprint density at radius 2 is 1.00 bits per heavy atom. The number of likely N-dealkylation sites (N-methyl/N-ethyl adjacent to an activating group) is 1. The van der Waals surface area contributed by atoms with Gasteiger partial charge >= 0.3 is 17.9 Å². The minimum absolute atomic E-state index is 0.0466. The predicted molar refractivity (Wildman–Crippen MR) is 238 cm³/mol. The van der Waals surface area contributed by atoms with Crippen molar-refractivity contribution in [2.24, 2.45) is 0 Å². The van der Waals surface area contributed by atoms with Crippen molar-refractivity contribution >= 4 is 17.9 Å². The van der Waals surface area contributed by atoms with Crippen molar-refractivity contribution in [3.8, 4) is 0 Å². The molecule has 0 spiro atoms. The van der Waals surface area contributed by atoms with E-state index in [4.69, 9.17) is 14.2 Å². The monoisotopic (exact) mass is 801 g/mol. The summed E-state index contributed by atoms with van der Waals surface area (Å²) in [6, 6.07) is -0.621. The van der Waals surface area contributed by atoms with Crippen LogP contribution in [0.3, 0.4) is 0 Å². The number of hydrogen-bond acceptors (Lipinski definition) is 6. The molecule has 8 nitrogen and oxygen atoms in total. The first-order chi connectivity index (χ1) is 27.6. The minimum Gasteiger partial charge on any atom is -0.477 e. The second kappa shape index (κ2) is 39.8. The fourth-order valence-corrected chi connectivity index (χ4v) is 6.31. The Morgan fingerprint density at radius 3 is 1.54 bits per heavy atom. The van der Waals surface area contributed by atoms with E-state index in [9.17, 15) is 19.5 Å². The molecule has 0 radical (unpaired) electrons. The number of ether oxygens (including phenoxy) is 3. The van der Waals surface area contributed by atoms with Crippen molar-refractivity contribution < 1.29 is 38.2 Å². The Balaban J connectivity index is 4.27. The first kappa shape index (κ1) is 54.0. The van der Waals surface area contributed by atoms with Crippen LogP contribution in [0, 0.1) is 0 Å². The van der Waals surface area contributed by atoms with Gasteiger partial charge < -0.3 is 23.8 Å². The van der Waals surface area contributed by atoms with Crippen molar-refractivity contribution in [2.75, 3.05) is 41.0 Å². The van der Waals surface area contributed by atoms with Gasteiger partial charge in [-0.2, -0.15) is 0 Å². The summed E-state index contributed by atoms with van der Waals surface area (Å²) in [7, 11) is 5.51. The van der Waals surface area contributed by atoms with Crippen LogP contribution in [0.4, 0.5) is 0 Å². The van der Waals surface area contributed by atoms with Crippen LogP contribution in [0.1, 0.15) is 181 Å². The molecule has 328 valence electrons. The van der Waals surface area contributed by atoms with Crippen molar-refractivity contribution in [1.82, 2.24) is 0 Å². The number of hydrogen-bond donors (Lipinski definition) is 1. The molecule has 0 aromatic heterocycles. The van der Waals surface area contributed by atoms with Crippen LogP contribution in [0.25, 0.3) is 0 Å². The molecular weight excluding hydrogens is 715 g/mol. The second-order valence-electron chi connectivity index (χ2n) is 16.3. The highest BCUT2D eigenvalue weighted by Gasteiger charge is 2.31. The van der Waals surface area contributed by atoms with Crippen molar-refractivity contribution in [3.05, 3.63) is 60.8 Å². The zero-order chi connectivity index (χ0) is 42.1. The molecule has 0 aliphatic rings. The van der Waals surface area contributed by atoms with Gasteiger partial charge in [-0.15, -0.1) is 0 Å². The number of carboxylic acids is 1. The molecular formula is C49H86NO7+. The number of carbonyl (C=O) groups is 3. The normalized spacial score (nSPS) is 13.5. The van der Waals surface area contributed by atoms with Crippen LogP contribution in [0.2, 0.25) is 0 Å². The Kier molecular flexibility index (Phi) is 37.8. The fourth-order valence-electron chi connectivity index (χ4n) is 6.31. The van der Waals surface area contributed by atoms with E-state index in [1.807, 2.05) is 21.1 Å². The largest absolute Gasteiger partial charge is 0.477 e. The van der Waals surface area contributed by atoms with E-state index in [1.54, 1.807) is 0 Å². The number of quaternary nitrogens is 1. The van der Waals surface area contributed by atoms with Crippen molar-refractivity contribution in [1.29, 1.82) is 0 Å². The smallest absolute Gasteiger partial charge is 0.362 e. The maximum Gasteiger partial charge on any atom is 0.362 e. The van der Waals surface area contributed by atoms with Gasteiger partial charge in [-0.3, -0.25) is 9.59 Å². The quantitative estimate of drug-likeness (QED) is 0.0217. The lowest BCUT2D eigenvalue weighted by Gasteiger charge is -2.31. The van der Waals surface area contributed by atoms with Gasteiger partial charge in [0.25, 0.3) is 0 Å². The summed E-state index contributed by atoms with van der Waals surface area (Å²) in [6.07, 6.45) is 48.4. The molecule has 2 atom stereocenters. The number of unbranched alkanes of at least 4 members (excludes halogenated alkanes) is 17. The lowest BCUT2D eigenvalue weighted by atomic mass is 10.1. The summed E-state index contributed by atoms with van der Waals surface area (Å²) in [6.45, 7) is 4.61. The minimum atomic E-state index is -0.882. The van der Waals surface area contributed by atoms with Crippen LogP contribution in [-0.2, 0) is 28.6 Å². The Hall–Kier alpha value is -2.97. The Labute approximate surface area is 349 Å². The second-order valence-corrected chi connectivity index (χ2v) is 16.3. The predicted octanol–water partition coefficient (Wildman–Crippen LogP) is 12.6. The van der Waals surface area contributed by atoms with Crippen molar-refractivity contribution in [3.63, 3.8) is 0 Å². The molecule has 0 heterocycles. The molecule has 0 rings (SSSR count). The average Bonchev–Trinajstić information content (AvgIpc) is 3.17. The number of allylic oxidation sites excluding steroid dienone is 10. The van der Waals surface area contributed by atoms with Gasteiger partial charge in [0.05, 0.1) is 34.4 Å². The third-order valence-corrected chi connectivity index (χ3v) is 9.92. The van der Waals surface area contributed by atoms with E-state index >= 15 is 0 Å². The van der Waals surface area contributed by atoms with Gasteiger partial charge in [0.1, 0.15) is 6.61 Å². The van der Waals surface area contributed by atoms with E-state index in [0.29, 0.717) is 19.3 Å². The molecule has 57 heavy (non-hydrogen) atoms. The molecule has 0 amide bonds. The highest BCUT2D eigenvalue weighted by Crippen LogP contribution is 2.14. The highest BCUT2D eigenvalue weighted by molar-refractivity contribution is 5.72. The molecule has 2 unspecified atom stereocenters. The SMILES string of the molecule is CCCC/C=C/C=C/CCCCCC(=O)OC(COCCC(C(=O)O)[N+](C)(C)C)COC(=O)CCCCCCCCCCC/C=C/C/C=C/C/C=C/CCCCC.